The summed E-state index contributed by atoms with van der Waals surface area (Å²) >= 11 is 0. The van der Waals surface area contributed by atoms with Gasteiger partial charge in [0.25, 0.3) is 0 Å². The average molecular weight is 174 g/mol. The van der Waals surface area contributed by atoms with Crippen molar-refractivity contribution >= 4 is 0 Å². The number of hydrazine groups is 1. The maximum atomic E-state index is 3.15. The molecule has 0 aromatic heterocycles. The molecule has 0 aliphatic heterocycles. The highest BCUT2D eigenvalue weighted by Crippen LogP contribution is 1.70. The standard InChI is InChI=1S/C8H22N4/c1-11(2)7-5-9-10-6-8-12(3)4/h9-10H,5-8H2,1-4H3. The van der Waals surface area contributed by atoms with Crippen LogP contribution < -0.4 is 10.9 Å². The Morgan fingerprint density at radius 1 is 0.750 bits per heavy atom. The summed E-state index contributed by atoms with van der Waals surface area (Å²) in [5.74, 6) is 0. The third kappa shape index (κ3) is 9.84. The van der Waals surface area contributed by atoms with E-state index in [-0.39, 0.29) is 0 Å². The molecule has 74 valence electrons. The van der Waals surface area contributed by atoms with Gasteiger partial charge in [-0.2, -0.15) is 0 Å². The molecule has 0 aliphatic carbocycles. The Morgan fingerprint density at radius 3 is 1.33 bits per heavy atom. The van der Waals surface area contributed by atoms with Gasteiger partial charge in [-0.25, -0.2) is 0 Å². The molecular formula is C8H22N4. The van der Waals surface area contributed by atoms with E-state index >= 15 is 0 Å². The van der Waals surface area contributed by atoms with Crippen molar-refractivity contribution in [3.05, 3.63) is 0 Å². The summed E-state index contributed by atoms with van der Waals surface area (Å²) < 4.78 is 0. The number of hydrogen-bond acceptors (Lipinski definition) is 4. The molecule has 4 heteroatoms. The highest BCUT2D eigenvalue weighted by atomic mass is 15.4. The van der Waals surface area contributed by atoms with Gasteiger partial charge in [0, 0.05) is 26.2 Å². The first kappa shape index (κ1) is 11.8. The predicted molar refractivity (Wildman–Crippen MR) is 53.1 cm³/mol. The SMILES string of the molecule is CN(C)CCNNCCN(C)C. The maximum Gasteiger partial charge on any atom is 0.0227 e. The minimum atomic E-state index is 0.987. The van der Waals surface area contributed by atoms with Gasteiger partial charge >= 0.3 is 0 Å². The third-order valence-electron chi connectivity index (χ3n) is 1.49. The average Bonchev–Trinajstić information content (AvgIpc) is 1.95. The van der Waals surface area contributed by atoms with Crippen LogP contribution in [0.25, 0.3) is 0 Å². The van der Waals surface area contributed by atoms with Crippen LogP contribution in [0.2, 0.25) is 0 Å². The molecule has 0 unspecified atom stereocenters. The van der Waals surface area contributed by atoms with Gasteiger partial charge in [-0.3, -0.25) is 10.9 Å². The molecule has 0 atom stereocenters. The monoisotopic (exact) mass is 174 g/mol. The van der Waals surface area contributed by atoms with E-state index in [1.54, 1.807) is 0 Å². The Morgan fingerprint density at radius 2 is 1.08 bits per heavy atom. The van der Waals surface area contributed by atoms with E-state index in [1.807, 2.05) is 0 Å². The van der Waals surface area contributed by atoms with E-state index in [0.717, 1.165) is 26.2 Å². The smallest absolute Gasteiger partial charge is 0.0227 e. The number of nitrogens with zero attached hydrogens (tertiary/aromatic N) is 2. The molecule has 2 N–H and O–H groups in total. The zero-order valence-corrected chi connectivity index (χ0v) is 8.72. The normalized spacial score (nSPS) is 11.5. The Balaban J connectivity index is 2.91. The minimum absolute atomic E-state index is 0.987. The molecular weight excluding hydrogens is 152 g/mol. The van der Waals surface area contributed by atoms with Crippen molar-refractivity contribution in [3.63, 3.8) is 0 Å². The Labute approximate surface area is 75.9 Å². The van der Waals surface area contributed by atoms with Crippen LogP contribution in [0.1, 0.15) is 0 Å². The summed E-state index contributed by atoms with van der Waals surface area (Å²) in [5.41, 5.74) is 6.31. The molecule has 0 fully saturated rings. The summed E-state index contributed by atoms with van der Waals surface area (Å²) in [7, 11) is 8.28. The topological polar surface area (TPSA) is 30.5 Å². The first-order valence-electron chi connectivity index (χ1n) is 4.38. The van der Waals surface area contributed by atoms with E-state index in [0.29, 0.717) is 0 Å². The van der Waals surface area contributed by atoms with Gasteiger partial charge in [-0.15, -0.1) is 0 Å². The van der Waals surface area contributed by atoms with E-state index in [2.05, 4.69) is 48.8 Å². The maximum absolute atomic E-state index is 3.15. The van der Waals surface area contributed by atoms with Gasteiger partial charge in [-0.1, -0.05) is 0 Å². The fourth-order valence-corrected chi connectivity index (χ4v) is 0.736. The summed E-state index contributed by atoms with van der Waals surface area (Å²) in [6, 6.07) is 0. The van der Waals surface area contributed by atoms with E-state index in [9.17, 15) is 0 Å². The zero-order chi connectivity index (χ0) is 9.40. The second-order valence-corrected chi connectivity index (χ2v) is 3.46. The van der Waals surface area contributed by atoms with Crippen LogP contribution in [0.4, 0.5) is 0 Å². The molecule has 4 nitrogen and oxygen atoms in total. The molecule has 0 radical (unpaired) electrons. The van der Waals surface area contributed by atoms with Crippen LogP contribution in [0.3, 0.4) is 0 Å². The van der Waals surface area contributed by atoms with Crippen LogP contribution in [0, 0.1) is 0 Å². The van der Waals surface area contributed by atoms with Gasteiger partial charge in [0.05, 0.1) is 0 Å². The number of hydrogen-bond donors (Lipinski definition) is 2. The molecule has 0 rings (SSSR count). The van der Waals surface area contributed by atoms with Gasteiger partial charge < -0.3 is 9.80 Å². The van der Waals surface area contributed by atoms with E-state index in [4.69, 9.17) is 0 Å². The minimum Gasteiger partial charge on any atom is -0.308 e. The van der Waals surface area contributed by atoms with Crippen LogP contribution in [-0.4, -0.2) is 64.2 Å². The number of likely N-dealkylation sites (N-methyl/N-ethyl adjacent to an activating group) is 2. The fraction of sp³-hybridized carbons (Fsp3) is 1.00. The first-order valence-corrected chi connectivity index (χ1v) is 4.38. The molecule has 0 heterocycles. The van der Waals surface area contributed by atoms with Gasteiger partial charge in [0.1, 0.15) is 0 Å². The lowest BCUT2D eigenvalue weighted by molar-refractivity contribution is 0.357. The zero-order valence-electron chi connectivity index (χ0n) is 8.72. The number of nitrogens with one attached hydrogen (secondary N) is 2. The summed E-state index contributed by atoms with van der Waals surface area (Å²) in [6.07, 6.45) is 0. The lowest BCUT2D eigenvalue weighted by atomic mass is 10.6. The van der Waals surface area contributed by atoms with Crippen molar-refractivity contribution in [2.75, 3.05) is 54.4 Å². The third-order valence-corrected chi connectivity index (χ3v) is 1.49. The fourth-order valence-electron chi connectivity index (χ4n) is 0.736. The Hall–Kier alpha value is -0.160. The summed E-state index contributed by atoms with van der Waals surface area (Å²) in [5, 5.41) is 0. The summed E-state index contributed by atoms with van der Waals surface area (Å²) in [6.45, 7) is 4.10. The quantitative estimate of drug-likeness (QED) is 0.391. The van der Waals surface area contributed by atoms with Crippen molar-refractivity contribution < 1.29 is 0 Å². The van der Waals surface area contributed by atoms with E-state index in [1.165, 1.54) is 0 Å². The van der Waals surface area contributed by atoms with Crippen LogP contribution in [-0.2, 0) is 0 Å². The molecule has 12 heavy (non-hydrogen) atoms. The lowest BCUT2D eigenvalue weighted by Gasteiger charge is -2.13. The molecule has 0 saturated carbocycles. The van der Waals surface area contributed by atoms with Crippen molar-refractivity contribution in [2.45, 2.75) is 0 Å². The highest BCUT2D eigenvalue weighted by Gasteiger charge is 1.90. The van der Waals surface area contributed by atoms with Gasteiger partial charge in [0.15, 0.2) is 0 Å². The second kappa shape index (κ2) is 7.49. The van der Waals surface area contributed by atoms with Crippen molar-refractivity contribution in [3.8, 4) is 0 Å². The van der Waals surface area contributed by atoms with Crippen LogP contribution in [0.15, 0.2) is 0 Å². The van der Waals surface area contributed by atoms with Crippen molar-refractivity contribution in [1.29, 1.82) is 0 Å². The first-order chi connectivity index (χ1) is 5.63. The van der Waals surface area contributed by atoms with Crippen molar-refractivity contribution in [1.82, 2.24) is 20.7 Å². The molecule has 0 aromatic rings. The Bertz CT molecular complexity index is 81.1. The predicted octanol–water partition coefficient (Wildman–Crippen LogP) is -0.796. The number of rotatable bonds is 7. The largest absolute Gasteiger partial charge is 0.308 e. The lowest BCUT2D eigenvalue weighted by Crippen LogP contribution is -2.40. The molecule has 0 spiro atoms. The Kier molecular flexibility index (Phi) is 7.39. The molecule has 0 aliphatic rings. The van der Waals surface area contributed by atoms with Crippen molar-refractivity contribution in [2.24, 2.45) is 0 Å². The van der Waals surface area contributed by atoms with Crippen LogP contribution in [0.5, 0.6) is 0 Å². The second-order valence-electron chi connectivity index (χ2n) is 3.46. The van der Waals surface area contributed by atoms with Gasteiger partial charge in [-0.05, 0) is 28.2 Å². The molecule has 0 bridgehead atoms. The molecule has 0 amide bonds. The molecule has 0 saturated heterocycles. The highest BCUT2D eigenvalue weighted by molar-refractivity contribution is 4.48. The van der Waals surface area contributed by atoms with E-state index < -0.39 is 0 Å². The van der Waals surface area contributed by atoms with Crippen LogP contribution >= 0.6 is 0 Å². The summed E-state index contributed by atoms with van der Waals surface area (Å²) in [4.78, 5) is 4.31. The van der Waals surface area contributed by atoms with Gasteiger partial charge in [0.2, 0.25) is 0 Å². The molecule has 0 aromatic carbocycles.